The van der Waals surface area contributed by atoms with Gasteiger partial charge in [0.1, 0.15) is 5.75 Å². The molecule has 0 fully saturated rings. The van der Waals surface area contributed by atoms with Crippen LogP contribution in [0, 0.1) is 0 Å². The number of amides is 1. The standard InChI is InChI=1S/C11H14N6O2/c1-6(10-14-16-17-15-10)13-11(18)7-3-4-8(12)9(5-7)19-2/h3-6H,12H2,1-2H3,(H,13,18)(H,14,15,16,17). The molecule has 2 aromatic rings. The second-order valence-electron chi connectivity index (χ2n) is 3.92. The molecule has 1 amide bonds. The van der Waals surface area contributed by atoms with E-state index in [-0.39, 0.29) is 11.9 Å². The Labute approximate surface area is 109 Å². The molecule has 0 aliphatic rings. The predicted octanol–water partition coefficient (Wildman–Crippen LogP) is 0.281. The number of nitrogens with one attached hydrogen (secondary N) is 2. The van der Waals surface area contributed by atoms with Gasteiger partial charge in [-0.25, -0.2) is 0 Å². The van der Waals surface area contributed by atoms with Crippen LogP contribution in [0.4, 0.5) is 5.69 Å². The van der Waals surface area contributed by atoms with Crippen LogP contribution in [0.5, 0.6) is 5.75 Å². The number of hydrogen-bond acceptors (Lipinski definition) is 6. The maximum absolute atomic E-state index is 12.0. The fraction of sp³-hybridized carbons (Fsp3) is 0.273. The summed E-state index contributed by atoms with van der Waals surface area (Å²) in [5.41, 5.74) is 6.61. The number of hydrogen-bond donors (Lipinski definition) is 3. The zero-order valence-electron chi connectivity index (χ0n) is 10.5. The summed E-state index contributed by atoms with van der Waals surface area (Å²) in [5.74, 6) is 0.603. The van der Waals surface area contributed by atoms with E-state index < -0.39 is 0 Å². The molecule has 4 N–H and O–H groups in total. The third-order valence-electron chi connectivity index (χ3n) is 2.59. The second-order valence-corrected chi connectivity index (χ2v) is 3.92. The molecule has 8 heteroatoms. The Morgan fingerprint density at radius 2 is 2.32 bits per heavy atom. The Balaban J connectivity index is 2.12. The summed E-state index contributed by atoms with van der Waals surface area (Å²) in [5, 5.41) is 16.1. The average molecular weight is 262 g/mol. The maximum atomic E-state index is 12.0. The number of nitrogens with two attached hydrogens (primary N) is 1. The number of carbonyl (C=O) groups is 1. The van der Waals surface area contributed by atoms with Gasteiger partial charge in [0.05, 0.1) is 18.8 Å². The molecule has 0 aliphatic carbocycles. The van der Waals surface area contributed by atoms with E-state index in [9.17, 15) is 4.79 Å². The number of rotatable bonds is 4. The van der Waals surface area contributed by atoms with Crippen LogP contribution in [0.25, 0.3) is 0 Å². The van der Waals surface area contributed by atoms with Crippen LogP contribution >= 0.6 is 0 Å². The number of nitrogen functional groups attached to an aromatic ring is 1. The van der Waals surface area contributed by atoms with E-state index in [0.717, 1.165) is 0 Å². The van der Waals surface area contributed by atoms with E-state index in [1.54, 1.807) is 25.1 Å². The molecule has 1 aromatic carbocycles. The minimum Gasteiger partial charge on any atom is -0.495 e. The van der Waals surface area contributed by atoms with Gasteiger partial charge in [0, 0.05) is 5.56 Å². The van der Waals surface area contributed by atoms with Gasteiger partial charge >= 0.3 is 0 Å². The topological polar surface area (TPSA) is 119 Å². The van der Waals surface area contributed by atoms with Crippen LogP contribution in [-0.2, 0) is 0 Å². The van der Waals surface area contributed by atoms with Crippen molar-refractivity contribution >= 4 is 11.6 Å². The van der Waals surface area contributed by atoms with Crippen LogP contribution < -0.4 is 15.8 Å². The molecule has 2 rings (SSSR count). The predicted molar refractivity (Wildman–Crippen MR) is 67.5 cm³/mol. The van der Waals surface area contributed by atoms with Crippen molar-refractivity contribution in [2.45, 2.75) is 13.0 Å². The van der Waals surface area contributed by atoms with Gasteiger partial charge in [0.15, 0.2) is 5.82 Å². The van der Waals surface area contributed by atoms with Gasteiger partial charge in [-0.2, -0.15) is 5.21 Å². The number of aromatic amines is 1. The van der Waals surface area contributed by atoms with Crippen molar-refractivity contribution in [3.63, 3.8) is 0 Å². The van der Waals surface area contributed by atoms with Crippen molar-refractivity contribution in [2.75, 3.05) is 12.8 Å². The van der Waals surface area contributed by atoms with E-state index >= 15 is 0 Å². The van der Waals surface area contributed by atoms with Crippen molar-refractivity contribution in [2.24, 2.45) is 0 Å². The quantitative estimate of drug-likeness (QED) is 0.681. The highest BCUT2D eigenvalue weighted by atomic mass is 16.5. The minimum atomic E-state index is -0.352. The second kappa shape index (κ2) is 5.34. The molecule has 0 bridgehead atoms. The number of anilines is 1. The van der Waals surface area contributed by atoms with Crippen LogP contribution in [0.3, 0.4) is 0 Å². The Bertz CT molecular complexity index is 569. The lowest BCUT2D eigenvalue weighted by Gasteiger charge is -2.11. The summed E-state index contributed by atoms with van der Waals surface area (Å²) in [6.07, 6.45) is 0. The first-order valence-electron chi connectivity index (χ1n) is 5.59. The van der Waals surface area contributed by atoms with E-state index in [1.807, 2.05) is 0 Å². The molecule has 1 unspecified atom stereocenters. The molecule has 0 aliphatic heterocycles. The molecule has 0 spiro atoms. The largest absolute Gasteiger partial charge is 0.495 e. The SMILES string of the molecule is COc1cc(C(=O)NC(C)c2nn[nH]n2)ccc1N. The molecule has 19 heavy (non-hydrogen) atoms. The van der Waals surface area contributed by atoms with E-state index in [1.165, 1.54) is 7.11 Å². The first-order valence-corrected chi connectivity index (χ1v) is 5.59. The monoisotopic (exact) mass is 262 g/mol. The Kier molecular flexibility index (Phi) is 3.60. The lowest BCUT2D eigenvalue weighted by atomic mass is 10.1. The lowest BCUT2D eigenvalue weighted by molar-refractivity contribution is 0.0938. The van der Waals surface area contributed by atoms with Crippen LogP contribution in [0.1, 0.15) is 29.1 Å². The Hall–Kier alpha value is -2.64. The third kappa shape index (κ3) is 2.79. The summed E-state index contributed by atoms with van der Waals surface area (Å²) in [4.78, 5) is 12.0. The molecular weight excluding hydrogens is 248 g/mol. The van der Waals surface area contributed by atoms with Crippen molar-refractivity contribution in [1.29, 1.82) is 0 Å². The van der Waals surface area contributed by atoms with Gasteiger partial charge in [-0.1, -0.05) is 5.21 Å². The average Bonchev–Trinajstić information content (AvgIpc) is 2.93. The Morgan fingerprint density at radius 1 is 1.53 bits per heavy atom. The highest BCUT2D eigenvalue weighted by Crippen LogP contribution is 2.22. The third-order valence-corrected chi connectivity index (χ3v) is 2.59. The lowest BCUT2D eigenvalue weighted by Crippen LogP contribution is -2.27. The van der Waals surface area contributed by atoms with Gasteiger partial charge in [0.25, 0.3) is 5.91 Å². The van der Waals surface area contributed by atoms with Crippen molar-refractivity contribution in [3.8, 4) is 5.75 Å². The molecule has 1 heterocycles. The molecule has 100 valence electrons. The summed E-state index contributed by atoms with van der Waals surface area (Å²) >= 11 is 0. The van der Waals surface area contributed by atoms with Crippen molar-refractivity contribution in [1.82, 2.24) is 25.9 Å². The summed E-state index contributed by atoms with van der Waals surface area (Å²) in [6, 6.07) is 4.46. The highest BCUT2D eigenvalue weighted by molar-refractivity contribution is 5.95. The zero-order valence-corrected chi connectivity index (χ0v) is 10.5. The number of nitrogens with zero attached hydrogens (tertiary/aromatic N) is 3. The van der Waals surface area contributed by atoms with Crippen LogP contribution in [-0.4, -0.2) is 33.6 Å². The first kappa shape index (κ1) is 12.8. The zero-order chi connectivity index (χ0) is 13.8. The van der Waals surface area contributed by atoms with Gasteiger partial charge in [-0.3, -0.25) is 4.79 Å². The smallest absolute Gasteiger partial charge is 0.252 e. The van der Waals surface area contributed by atoms with Gasteiger partial charge in [-0.15, -0.1) is 10.2 Å². The molecule has 1 atom stereocenters. The number of ether oxygens (including phenoxy) is 1. The normalized spacial score (nSPS) is 11.9. The number of tetrazole rings is 1. The number of methoxy groups -OCH3 is 1. The summed E-state index contributed by atoms with van der Waals surface area (Å²) in [6.45, 7) is 1.76. The van der Waals surface area contributed by atoms with Gasteiger partial charge < -0.3 is 15.8 Å². The van der Waals surface area contributed by atoms with E-state index in [0.29, 0.717) is 22.8 Å². The van der Waals surface area contributed by atoms with Gasteiger partial charge in [-0.05, 0) is 25.1 Å². The molecule has 8 nitrogen and oxygen atoms in total. The van der Waals surface area contributed by atoms with Crippen LogP contribution in [0.2, 0.25) is 0 Å². The molecule has 0 radical (unpaired) electrons. The van der Waals surface area contributed by atoms with Crippen molar-refractivity contribution < 1.29 is 9.53 Å². The number of carbonyl (C=O) groups excluding carboxylic acids is 1. The molecule has 0 saturated heterocycles. The molecular formula is C11H14N6O2. The van der Waals surface area contributed by atoms with E-state index in [4.69, 9.17) is 10.5 Å². The highest BCUT2D eigenvalue weighted by Gasteiger charge is 2.15. The number of H-pyrrole nitrogens is 1. The molecule has 0 saturated carbocycles. The Morgan fingerprint density at radius 3 is 2.95 bits per heavy atom. The summed E-state index contributed by atoms with van der Waals surface area (Å²) in [7, 11) is 1.50. The maximum Gasteiger partial charge on any atom is 0.252 e. The van der Waals surface area contributed by atoms with E-state index in [2.05, 4.69) is 25.9 Å². The number of aromatic nitrogens is 4. The minimum absolute atomic E-state index is 0.268. The molecule has 1 aromatic heterocycles. The van der Waals surface area contributed by atoms with Gasteiger partial charge in [0.2, 0.25) is 0 Å². The number of benzene rings is 1. The van der Waals surface area contributed by atoms with Crippen LogP contribution in [0.15, 0.2) is 18.2 Å². The summed E-state index contributed by atoms with van der Waals surface area (Å²) < 4.78 is 5.07. The van der Waals surface area contributed by atoms with Crippen molar-refractivity contribution in [3.05, 3.63) is 29.6 Å². The first-order chi connectivity index (χ1) is 9.11. The fourth-order valence-electron chi connectivity index (χ4n) is 1.55. The fourth-order valence-corrected chi connectivity index (χ4v) is 1.55.